The second-order valence-corrected chi connectivity index (χ2v) is 9.90. The van der Waals surface area contributed by atoms with Crippen LogP contribution in [-0.4, -0.2) is 99.6 Å². The first-order valence-corrected chi connectivity index (χ1v) is 11.2. The molecule has 0 aromatic carbocycles. The van der Waals surface area contributed by atoms with Gasteiger partial charge in [-0.1, -0.05) is 27.7 Å². The molecule has 2 heterocycles. The van der Waals surface area contributed by atoms with Gasteiger partial charge >= 0.3 is 6.03 Å². The molecule has 2 rings (SSSR count). The van der Waals surface area contributed by atoms with Gasteiger partial charge in [0.2, 0.25) is 0 Å². The van der Waals surface area contributed by atoms with E-state index >= 15 is 0 Å². The third-order valence-electron chi connectivity index (χ3n) is 7.36. The Morgan fingerprint density at radius 2 is 1.21 bits per heavy atom. The highest BCUT2D eigenvalue weighted by Crippen LogP contribution is 2.48. The molecule has 2 aliphatic rings. The van der Waals surface area contributed by atoms with Gasteiger partial charge in [-0.05, 0) is 73.8 Å². The molecule has 0 aromatic rings. The van der Waals surface area contributed by atoms with E-state index in [1.54, 1.807) is 0 Å². The van der Waals surface area contributed by atoms with E-state index in [-0.39, 0.29) is 23.0 Å². The Hall–Kier alpha value is -1.18. The van der Waals surface area contributed by atoms with Crippen molar-refractivity contribution in [3.8, 4) is 0 Å². The molecule has 3 amide bonds. The van der Waals surface area contributed by atoms with E-state index in [1.165, 1.54) is 4.90 Å². The summed E-state index contributed by atoms with van der Waals surface area (Å²) in [6.07, 6.45) is 1.31. The first kappa shape index (κ1) is 24.1. The molecule has 0 aromatic heterocycles. The lowest BCUT2D eigenvalue weighted by Gasteiger charge is -2.58. The van der Waals surface area contributed by atoms with Crippen LogP contribution in [-0.2, 0) is 4.79 Å². The van der Waals surface area contributed by atoms with E-state index < -0.39 is 5.54 Å². The summed E-state index contributed by atoms with van der Waals surface area (Å²) in [5.74, 6) is -0.0178. The molecule has 7 nitrogen and oxygen atoms in total. The number of carbonyl (C=O) groups is 2. The van der Waals surface area contributed by atoms with Gasteiger partial charge in [-0.25, -0.2) is 9.69 Å². The van der Waals surface area contributed by atoms with Crippen LogP contribution in [0.1, 0.15) is 68.2 Å². The van der Waals surface area contributed by atoms with Crippen LogP contribution in [0, 0.1) is 0 Å². The van der Waals surface area contributed by atoms with Crippen molar-refractivity contribution in [1.82, 2.24) is 24.5 Å². The van der Waals surface area contributed by atoms with Crippen molar-refractivity contribution >= 4 is 11.9 Å². The lowest BCUT2D eigenvalue weighted by atomic mass is 9.68. The Bertz CT molecular complexity index is 592. The first-order chi connectivity index (χ1) is 13.4. The van der Waals surface area contributed by atoms with Crippen molar-refractivity contribution < 1.29 is 9.59 Å². The second-order valence-electron chi connectivity index (χ2n) is 9.90. The van der Waals surface area contributed by atoms with Crippen molar-refractivity contribution in [3.63, 3.8) is 0 Å². The zero-order valence-corrected chi connectivity index (χ0v) is 20.2. The summed E-state index contributed by atoms with van der Waals surface area (Å²) < 4.78 is 0. The van der Waals surface area contributed by atoms with Gasteiger partial charge in [-0.15, -0.1) is 0 Å². The Morgan fingerprint density at radius 3 is 1.62 bits per heavy atom. The third kappa shape index (κ3) is 4.19. The van der Waals surface area contributed by atoms with Crippen molar-refractivity contribution in [2.24, 2.45) is 0 Å². The zero-order chi connectivity index (χ0) is 22.2. The van der Waals surface area contributed by atoms with Crippen molar-refractivity contribution in [3.05, 3.63) is 0 Å². The van der Waals surface area contributed by atoms with Gasteiger partial charge in [0, 0.05) is 11.1 Å². The number of urea groups is 1. The van der Waals surface area contributed by atoms with Gasteiger partial charge < -0.3 is 0 Å². The fourth-order valence-electron chi connectivity index (χ4n) is 5.24. The number of hydrogen-bond acceptors (Lipinski definition) is 5. The lowest BCUT2D eigenvalue weighted by molar-refractivity contribution is -0.147. The molecule has 1 spiro atoms. The highest BCUT2D eigenvalue weighted by Gasteiger charge is 2.64. The second kappa shape index (κ2) is 8.52. The van der Waals surface area contributed by atoms with Crippen LogP contribution < -0.4 is 0 Å². The van der Waals surface area contributed by atoms with Crippen LogP contribution in [0.15, 0.2) is 0 Å². The molecule has 0 atom stereocenters. The quantitative estimate of drug-likeness (QED) is 0.577. The number of nitrogens with zero attached hydrogens (tertiary/aromatic N) is 5. The molecular formula is C22H43N5O2. The van der Waals surface area contributed by atoms with E-state index in [0.29, 0.717) is 26.2 Å². The summed E-state index contributed by atoms with van der Waals surface area (Å²) in [7, 11) is 2.14. The Labute approximate surface area is 178 Å². The van der Waals surface area contributed by atoms with Crippen LogP contribution in [0.4, 0.5) is 4.79 Å². The molecule has 168 valence electrons. The van der Waals surface area contributed by atoms with E-state index in [0.717, 1.165) is 26.2 Å². The fraction of sp³-hybridized carbons (Fsp3) is 0.909. The van der Waals surface area contributed by atoms with E-state index in [1.807, 2.05) is 4.90 Å². The van der Waals surface area contributed by atoms with Crippen LogP contribution >= 0.6 is 0 Å². The Morgan fingerprint density at radius 1 is 0.793 bits per heavy atom. The molecule has 0 bridgehead atoms. The predicted octanol–water partition coefficient (Wildman–Crippen LogP) is 2.87. The molecular weight excluding hydrogens is 366 g/mol. The highest BCUT2D eigenvalue weighted by molar-refractivity contribution is 6.07. The molecule has 2 saturated heterocycles. The normalized spacial score (nSPS) is 23.8. The van der Waals surface area contributed by atoms with E-state index in [2.05, 4.69) is 77.1 Å². The average molecular weight is 410 g/mol. The number of rotatable bonds is 8. The monoisotopic (exact) mass is 409 g/mol. The molecule has 0 unspecified atom stereocenters. The maximum absolute atomic E-state index is 13.9. The largest absolute Gasteiger partial charge is 0.329 e. The molecule has 0 saturated carbocycles. The zero-order valence-electron chi connectivity index (χ0n) is 20.2. The summed E-state index contributed by atoms with van der Waals surface area (Å²) >= 11 is 0. The number of likely N-dealkylation sites (tertiary alicyclic amines) is 1. The minimum atomic E-state index is -0.785. The van der Waals surface area contributed by atoms with Gasteiger partial charge in [0.1, 0.15) is 5.54 Å². The highest BCUT2D eigenvalue weighted by atomic mass is 16.2. The van der Waals surface area contributed by atoms with Gasteiger partial charge in [0.15, 0.2) is 0 Å². The molecule has 29 heavy (non-hydrogen) atoms. The summed E-state index contributed by atoms with van der Waals surface area (Å²) in [4.78, 5) is 37.6. The summed E-state index contributed by atoms with van der Waals surface area (Å²) in [6.45, 7) is 21.3. The number of amides is 3. The number of hydrogen-bond donors (Lipinski definition) is 0. The SMILES string of the molecule is CCN(CC)CN1C(=O)N(CN(CC)CC)C2(CC(C)(C)N(C)C(C)(C)C2)C1=O. The van der Waals surface area contributed by atoms with Crippen molar-refractivity contribution in [1.29, 1.82) is 0 Å². The minimum Gasteiger partial charge on any atom is -0.296 e. The predicted molar refractivity (Wildman–Crippen MR) is 118 cm³/mol. The minimum absolute atomic E-state index is 0.0178. The van der Waals surface area contributed by atoms with Crippen molar-refractivity contribution in [2.45, 2.75) is 84.8 Å². The maximum Gasteiger partial charge on any atom is 0.329 e. The molecule has 0 radical (unpaired) electrons. The van der Waals surface area contributed by atoms with Crippen LogP contribution in [0.25, 0.3) is 0 Å². The van der Waals surface area contributed by atoms with E-state index in [9.17, 15) is 9.59 Å². The van der Waals surface area contributed by atoms with Crippen LogP contribution in [0.2, 0.25) is 0 Å². The first-order valence-electron chi connectivity index (χ1n) is 11.2. The average Bonchev–Trinajstić information content (AvgIpc) is 2.82. The Kier molecular flexibility index (Phi) is 7.08. The summed E-state index contributed by atoms with van der Waals surface area (Å²) in [5.41, 5.74) is -1.17. The smallest absolute Gasteiger partial charge is 0.296 e. The molecule has 2 aliphatic heterocycles. The molecule has 0 N–H and O–H groups in total. The maximum atomic E-state index is 13.9. The number of piperidine rings is 1. The van der Waals surface area contributed by atoms with Crippen LogP contribution in [0.5, 0.6) is 0 Å². The van der Waals surface area contributed by atoms with Crippen LogP contribution in [0.3, 0.4) is 0 Å². The topological polar surface area (TPSA) is 50.3 Å². The fourth-order valence-corrected chi connectivity index (χ4v) is 5.24. The molecule has 7 heteroatoms. The van der Waals surface area contributed by atoms with Crippen molar-refractivity contribution in [2.75, 3.05) is 46.6 Å². The van der Waals surface area contributed by atoms with Gasteiger partial charge in [-0.2, -0.15) is 0 Å². The van der Waals surface area contributed by atoms with Gasteiger partial charge in [0.25, 0.3) is 5.91 Å². The third-order valence-corrected chi connectivity index (χ3v) is 7.36. The molecule has 2 fully saturated rings. The summed E-state index contributed by atoms with van der Waals surface area (Å²) in [6, 6.07) is -0.134. The van der Waals surface area contributed by atoms with Gasteiger partial charge in [0.05, 0.1) is 13.3 Å². The molecule has 0 aliphatic carbocycles. The van der Waals surface area contributed by atoms with Gasteiger partial charge in [-0.3, -0.25) is 24.4 Å². The Balaban J connectivity index is 2.52. The lowest BCUT2D eigenvalue weighted by Crippen LogP contribution is -2.69. The summed E-state index contributed by atoms with van der Waals surface area (Å²) in [5, 5.41) is 0. The standard InChI is InChI=1S/C22H43N5O2/c1-10-24(11-2)16-26-18(28)22(27(19(26)29)17-25(12-3)13-4)14-20(5,6)23(9)21(7,8)15-22/h10-17H2,1-9H3. The van der Waals surface area contributed by atoms with E-state index in [4.69, 9.17) is 0 Å². The number of carbonyl (C=O) groups excluding carboxylic acids is 2. The number of imide groups is 1.